The van der Waals surface area contributed by atoms with Crippen LogP contribution in [-0.2, 0) is 15.1 Å². The Bertz CT molecular complexity index is 906. The molecule has 2 atom stereocenters. The minimum atomic E-state index is -0.864. The van der Waals surface area contributed by atoms with Gasteiger partial charge in [-0.05, 0) is 41.0 Å². The van der Waals surface area contributed by atoms with E-state index in [1.165, 1.54) is 0 Å². The molecule has 5 heteroatoms. The average Bonchev–Trinajstić information content (AvgIpc) is 3.26. The molecule has 0 bridgehead atoms. The Balaban J connectivity index is 1.83. The summed E-state index contributed by atoms with van der Waals surface area (Å²) in [6.45, 7) is 0.696. The highest BCUT2D eigenvalue weighted by molar-refractivity contribution is 5.49. The molecule has 3 aromatic rings. The summed E-state index contributed by atoms with van der Waals surface area (Å²) in [6, 6.07) is 26.0. The van der Waals surface area contributed by atoms with Gasteiger partial charge in [-0.15, -0.1) is 0 Å². The molecule has 3 aromatic carbocycles. The first-order valence-corrected chi connectivity index (χ1v) is 10.4. The van der Waals surface area contributed by atoms with Crippen LogP contribution in [0.2, 0.25) is 0 Å². The van der Waals surface area contributed by atoms with E-state index in [2.05, 4.69) is 12.1 Å². The molecule has 0 spiro atoms. The van der Waals surface area contributed by atoms with E-state index in [9.17, 15) is 5.11 Å². The molecule has 1 aliphatic rings. The lowest BCUT2D eigenvalue weighted by molar-refractivity contribution is -0.0460. The zero-order chi connectivity index (χ0) is 21.7. The molecular formula is C26H28O5. The number of hydrogen-bond donors (Lipinski definition) is 1. The van der Waals surface area contributed by atoms with Crippen LogP contribution in [0.5, 0.6) is 11.5 Å². The van der Waals surface area contributed by atoms with Gasteiger partial charge in [0, 0.05) is 6.42 Å². The summed E-state index contributed by atoms with van der Waals surface area (Å²) in [5.41, 5.74) is 2.09. The first-order chi connectivity index (χ1) is 15.2. The molecule has 4 rings (SSSR count). The van der Waals surface area contributed by atoms with Crippen LogP contribution >= 0.6 is 0 Å². The molecule has 1 aliphatic heterocycles. The standard InChI is InChI=1S/C26H28O5/c1-28-23-12-8-20(9-13-23)26(19-6-4-3-5-7-19,21-10-14-24(29-2)15-11-21)31-18-25-16-22(27)17-30-25/h3-15,22,25,27H,16-18H2,1-2H3/t22-,25+/m1/s1. The molecule has 1 fully saturated rings. The fraction of sp³-hybridized carbons (Fsp3) is 0.308. The van der Waals surface area contributed by atoms with Crippen molar-refractivity contribution in [3.8, 4) is 11.5 Å². The summed E-state index contributed by atoms with van der Waals surface area (Å²) < 4.78 is 23.2. The fourth-order valence-electron chi connectivity index (χ4n) is 4.10. The van der Waals surface area contributed by atoms with Gasteiger partial charge in [-0.25, -0.2) is 0 Å². The molecule has 0 amide bonds. The molecule has 0 aliphatic carbocycles. The summed E-state index contributed by atoms with van der Waals surface area (Å²) in [6.07, 6.45) is -0.0351. The highest BCUT2D eigenvalue weighted by Crippen LogP contribution is 2.42. The van der Waals surface area contributed by atoms with E-state index in [0.717, 1.165) is 28.2 Å². The van der Waals surface area contributed by atoms with E-state index in [1.807, 2.05) is 66.7 Å². The molecule has 5 nitrogen and oxygen atoms in total. The second-order valence-electron chi connectivity index (χ2n) is 7.66. The molecule has 0 unspecified atom stereocenters. The molecular weight excluding hydrogens is 392 g/mol. The molecule has 1 heterocycles. The number of aliphatic hydroxyl groups excluding tert-OH is 1. The monoisotopic (exact) mass is 420 g/mol. The van der Waals surface area contributed by atoms with Crippen molar-refractivity contribution in [2.45, 2.75) is 24.2 Å². The van der Waals surface area contributed by atoms with E-state index in [1.54, 1.807) is 14.2 Å². The van der Waals surface area contributed by atoms with Crippen molar-refractivity contribution in [3.05, 3.63) is 95.6 Å². The first kappa shape index (κ1) is 21.4. The van der Waals surface area contributed by atoms with Crippen molar-refractivity contribution < 1.29 is 24.1 Å². The molecule has 0 aromatic heterocycles. The van der Waals surface area contributed by atoms with Gasteiger partial charge in [0.1, 0.15) is 17.1 Å². The third kappa shape index (κ3) is 4.44. The van der Waals surface area contributed by atoms with Crippen molar-refractivity contribution in [1.29, 1.82) is 0 Å². The topological polar surface area (TPSA) is 57.2 Å². The Hall–Kier alpha value is -2.86. The quantitative estimate of drug-likeness (QED) is 0.555. The van der Waals surface area contributed by atoms with E-state index in [4.69, 9.17) is 18.9 Å². The maximum Gasteiger partial charge on any atom is 0.143 e. The van der Waals surface area contributed by atoms with Crippen molar-refractivity contribution in [3.63, 3.8) is 0 Å². The zero-order valence-electron chi connectivity index (χ0n) is 17.9. The van der Waals surface area contributed by atoms with Gasteiger partial charge in [-0.3, -0.25) is 0 Å². The lowest BCUT2D eigenvalue weighted by Gasteiger charge is -2.36. The predicted molar refractivity (Wildman–Crippen MR) is 119 cm³/mol. The van der Waals surface area contributed by atoms with Crippen LogP contribution in [0.4, 0.5) is 0 Å². The van der Waals surface area contributed by atoms with Gasteiger partial charge in [0.2, 0.25) is 0 Å². The van der Waals surface area contributed by atoms with Crippen LogP contribution in [0, 0.1) is 0 Å². The number of rotatable bonds is 8. The van der Waals surface area contributed by atoms with E-state index in [0.29, 0.717) is 19.6 Å². The number of benzene rings is 3. The summed E-state index contributed by atoms with van der Waals surface area (Å²) in [5, 5.41) is 9.89. The van der Waals surface area contributed by atoms with Gasteiger partial charge in [0.15, 0.2) is 0 Å². The molecule has 1 saturated heterocycles. The molecule has 0 saturated carbocycles. The van der Waals surface area contributed by atoms with Crippen molar-refractivity contribution in [2.75, 3.05) is 27.4 Å². The lowest BCUT2D eigenvalue weighted by Crippen LogP contribution is -2.35. The maximum atomic E-state index is 9.89. The lowest BCUT2D eigenvalue weighted by atomic mass is 9.80. The Labute approximate surface area is 183 Å². The molecule has 162 valence electrons. The van der Waals surface area contributed by atoms with Crippen LogP contribution in [-0.4, -0.2) is 44.7 Å². The zero-order valence-corrected chi connectivity index (χ0v) is 17.9. The largest absolute Gasteiger partial charge is 0.497 e. The van der Waals surface area contributed by atoms with E-state index < -0.39 is 11.7 Å². The molecule has 0 radical (unpaired) electrons. The van der Waals surface area contributed by atoms with Gasteiger partial charge in [0.25, 0.3) is 0 Å². The van der Waals surface area contributed by atoms with Crippen LogP contribution < -0.4 is 9.47 Å². The van der Waals surface area contributed by atoms with Gasteiger partial charge in [-0.2, -0.15) is 0 Å². The highest BCUT2D eigenvalue weighted by atomic mass is 16.6. The SMILES string of the molecule is COc1ccc(C(OC[C@@H]2C[C@@H](O)CO2)(c2ccccc2)c2ccc(OC)cc2)cc1. The molecule has 1 N–H and O–H groups in total. The summed E-state index contributed by atoms with van der Waals surface area (Å²) in [4.78, 5) is 0. The van der Waals surface area contributed by atoms with Gasteiger partial charge in [-0.1, -0.05) is 54.6 Å². The second-order valence-corrected chi connectivity index (χ2v) is 7.66. The molecule has 31 heavy (non-hydrogen) atoms. The smallest absolute Gasteiger partial charge is 0.143 e. The number of ether oxygens (including phenoxy) is 4. The van der Waals surface area contributed by atoms with Gasteiger partial charge >= 0.3 is 0 Å². The third-order valence-corrected chi connectivity index (χ3v) is 5.72. The van der Waals surface area contributed by atoms with Gasteiger partial charge in [0.05, 0.1) is 39.6 Å². The summed E-state index contributed by atoms with van der Waals surface area (Å²) in [7, 11) is 3.31. The third-order valence-electron chi connectivity index (χ3n) is 5.72. The second kappa shape index (κ2) is 9.52. The first-order valence-electron chi connectivity index (χ1n) is 10.4. The normalized spacial score (nSPS) is 18.7. The minimum absolute atomic E-state index is 0.158. The predicted octanol–water partition coefficient (Wildman–Crippen LogP) is 4.16. The van der Waals surface area contributed by atoms with Crippen molar-refractivity contribution in [2.24, 2.45) is 0 Å². The number of methoxy groups -OCH3 is 2. The minimum Gasteiger partial charge on any atom is -0.497 e. The Morgan fingerprint density at radius 2 is 1.32 bits per heavy atom. The van der Waals surface area contributed by atoms with Crippen LogP contribution in [0.1, 0.15) is 23.1 Å². The maximum absolute atomic E-state index is 9.89. The highest BCUT2D eigenvalue weighted by Gasteiger charge is 2.39. The van der Waals surface area contributed by atoms with Crippen molar-refractivity contribution >= 4 is 0 Å². The Kier molecular flexibility index (Phi) is 6.56. The Morgan fingerprint density at radius 1 is 0.806 bits per heavy atom. The van der Waals surface area contributed by atoms with E-state index >= 15 is 0 Å². The summed E-state index contributed by atoms with van der Waals surface area (Å²) >= 11 is 0. The number of aliphatic hydroxyl groups is 1. The van der Waals surface area contributed by atoms with E-state index in [-0.39, 0.29) is 6.10 Å². The Morgan fingerprint density at radius 3 is 1.77 bits per heavy atom. The van der Waals surface area contributed by atoms with Crippen LogP contribution in [0.3, 0.4) is 0 Å². The van der Waals surface area contributed by atoms with Gasteiger partial charge < -0.3 is 24.1 Å². The average molecular weight is 421 g/mol. The number of hydrogen-bond acceptors (Lipinski definition) is 5. The van der Waals surface area contributed by atoms with Crippen molar-refractivity contribution in [1.82, 2.24) is 0 Å². The summed E-state index contributed by atoms with van der Waals surface area (Å²) in [5.74, 6) is 1.56. The van der Waals surface area contributed by atoms with Crippen LogP contribution in [0.25, 0.3) is 0 Å². The fourth-order valence-corrected chi connectivity index (χ4v) is 4.10. The van der Waals surface area contributed by atoms with Crippen LogP contribution in [0.15, 0.2) is 78.9 Å².